The van der Waals surface area contributed by atoms with E-state index in [2.05, 4.69) is 5.32 Å². The van der Waals surface area contributed by atoms with Crippen LogP contribution in [0.15, 0.2) is 36.4 Å². The summed E-state index contributed by atoms with van der Waals surface area (Å²) in [6, 6.07) is 8.96. The zero-order chi connectivity index (χ0) is 14.0. The van der Waals surface area contributed by atoms with E-state index >= 15 is 0 Å². The highest BCUT2D eigenvalue weighted by molar-refractivity contribution is 14.1. The van der Waals surface area contributed by atoms with Crippen LogP contribution in [0.3, 0.4) is 0 Å². The van der Waals surface area contributed by atoms with Gasteiger partial charge < -0.3 is 16.2 Å². The van der Waals surface area contributed by atoms with Crippen molar-refractivity contribution in [1.29, 1.82) is 0 Å². The molecule has 0 bridgehead atoms. The van der Waals surface area contributed by atoms with Crippen molar-refractivity contribution < 1.29 is 14.3 Å². The molecule has 0 atom stereocenters. The lowest BCUT2D eigenvalue weighted by atomic mass is 10.1. The predicted octanol–water partition coefficient (Wildman–Crippen LogP) is 3.45. The molecule has 0 aliphatic heterocycles. The van der Waals surface area contributed by atoms with Gasteiger partial charge in [0.1, 0.15) is 5.82 Å². The van der Waals surface area contributed by atoms with Gasteiger partial charge in [-0.05, 0) is 52.9 Å². The van der Waals surface area contributed by atoms with E-state index in [0.29, 0.717) is 14.9 Å². The van der Waals surface area contributed by atoms with Crippen molar-refractivity contribution in [2.75, 3.05) is 11.1 Å². The first-order valence-corrected chi connectivity index (χ1v) is 6.41. The molecule has 98 valence electrons. The Morgan fingerprint density at radius 2 is 2.00 bits per heavy atom. The fourth-order valence-corrected chi connectivity index (χ4v) is 2.21. The van der Waals surface area contributed by atoms with E-state index in [1.807, 2.05) is 22.6 Å². The third kappa shape index (κ3) is 2.95. The van der Waals surface area contributed by atoms with Crippen molar-refractivity contribution in [2.45, 2.75) is 0 Å². The maximum Gasteiger partial charge on any atom is 0.337 e. The number of carboxylic acids is 1. The molecule has 0 saturated heterocycles. The Labute approximate surface area is 122 Å². The number of nitrogens with one attached hydrogen (secondary N) is 1. The van der Waals surface area contributed by atoms with Crippen molar-refractivity contribution in [3.05, 3.63) is 51.3 Å². The molecule has 4 N–H and O–H groups in total. The van der Waals surface area contributed by atoms with Gasteiger partial charge in [-0.1, -0.05) is 6.07 Å². The molecule has 2 aromatic carbocycles. The van der Waals surface area contributed by atoms with Gasteiger partial charge in [0.25, 0.3) is 0 Å². The minimum atomic E-state index is -1.09. The first kappa shape index (κ1) is 13.6. The van der Waals surface area contributed by atoms with E-state index in [4.69, 9.17) is 10.8 Å². The number of para-hydroxylation sites is 1. The van der Waals surface area contributed by atoms with Crippen LogP contribution in [-0.4, -0.2) is 11.1 Å². The minimum Gasteiger partial charge on any atom is -0.478 e. The van der Waals surface area contributed by atoms with E-state index < -0.39 is 5.97 Å². The number of carbonyl (C=O) groups is 1. The number of anilines is 3. The van der Waals surface area contributed by atoms with Crippen molar-refractivity contribution in [3.8, 4) is 0 Å². The molecule has 0 spiro atoms. The van der Waals surface area contributed by atoms with Crippen molar-refractivity contribution in [2.24, 2.45) is 0 Å². The average Bonchev–Trinajstić information content (AvgIpc) is 2.34. The molecule has 0 aromatic heterocycles. The maximum atomic E-state index is 13.0. The molecule has 6 heteroatoms. The summed E-state index contributed by atoms with van der Waals surface area (Å²) in [5.74, 6) is -1.42. The third-order valence-corrected chi connectivity index (χ3v) is 3.43. The lowest BCUT2D eigenvalue weighted by Gasteiger charge is -2.12. The van der Waals surface area contributed by atoms with Crippen LogP contribution in [0.25, 0.3) is 0 Å². The number of hydrogen-bond donors (Lipinski definition) is 3. The Hall–Kier alpha value is -1.83. The standard InChI is InChI=1S/C13H10FIN2O2/c14-7-4-5-10(9(15)6-7)17-11-3-1-2-8(12(11)16)13(18)19/h1-6,17H,16H2,(H,18,19). The second-order valence-corrected chi connectivity index (χ2v) is 4.98. The Balaban J connectivity index is 2.38. The molecule has 4 nitrogen and oxygen atoms in total. The highest BCUT2D eigenvalue weighted by Crippen LogP contribution is 2.29. The lowest BCUT2D eigenvalue weighted by molar-refractivity contribution is 0.0698. The minimum absolute atomic E-state index is 0.0297. The second-order valence-electron chi connectivity index (χ2n) is 3.82. The number of halogens is 2. The molecule has 19 heavy (non-hydrogen) atoms. The zero-order valence-corrected chi connectivity index (χ0v) is 11.8. The number of nitrogens with two attached hydrogens (primary N) is 1. The highest BCUT2D eigenvalue weighted by Gasteiger charge is 2.11. The lowest BCUT2D eigenvalue weighted by Crippen LogP contribution is -2.05. The van der Waals surface area contributed by atoms with Crippen LogP contribution in [0.1, 0.15) is 10.4 Å². The normalized spacial score (nSPS) is 10.2. The summed E-state index contributed by atoms with van der Waals surface area (Å²) >= 11 is 1.99. The fraction of sp³-hybridized carbons (Fsp3) is 0. The number of nitrogen functional groups attached to an aromatic ring is 1. The van der Waals surface area contributed by atoms with Crippen LogP contribution in [0, 0.1) is 9.39 Å². The van der Waals surface area contributed by atoms with Gasteiger partial charge in [0.05, 0.1) is 22.6 Å². The maximum absolute atomic E-state index is 13.0. The van der Waals surface area contributed by atoms with Crippen molar-refractivity contribution >= 4 is 45.6 Å². The summed E-state index contributed by atoms with van der Waals surface area (Å²) in [5, 5.41) is 12.0. The van der Waals surface area contributed by atoms with E-state index in [1.54, 1.807) is 18.2 Å². The summed E-state index contributed by atoms with van der Waals surface area (Å²) < 4.78 is 13.7. The van der Waals surface area contributed by atoms with E-state index in [1.165, 1.54) is 18.2 Å². The molecule has 0 aliphatic rings. The van der Waals surface area contributed by atoms with Crippen LogP contribution in [0.5, 0.6) is 0 Å². The molecule has 0 heterocycles. The topological polar surface area (TPSA) is 75.3 Å². The Kier molecular flexibility index (Phi) is 3.89. The number of hydrogen-bond acceptors (Lipinski definition) is 3. The van der Waals surface area contributed by atoms with Gasteiger partial charge in [0.2, 0.25) is 0 Å². The molecule has 0 amide bonds. The molecular weight excluding hydrogens is 362 g/mol. The van der Waals surface area contributed by atoms with Crippen LogP contribution >= 0.6 is 22.6 Å². The average molecular weight is 372 g/mol. The molecule has 0 fully saturated rings. The second kappa shape index (κ2) is 5.43. The zero-order valence-electron chi connectivity index (χ0n) is 9.65. The number of carboxylic acid groups (broad SMARTS) is 1. The predicted molar refractivity (Wildman–Crippen MR) is 80.2 cm³/mol. The van der Waals surface area contributed by atoms with Gasteiger partial charge in [-0.2, -0.15) is 0 Å². The van der Waals surface area contributed by atoms with Gasteiger partial charge >= 0.3 is 5.97 Å². The molecular formula is C13H10FIN2O2. The molecule has 0 saturated carbocycles. The Bertz CT molecular complexity index is 647. The number of benzene rings is 2. The molecule has 0 radical (unpaired) electrons. The Morgan fingerprint density at radius 3 is 2.63 bits per heavy atom. The quantitative estimate of drug-likeness (QED) is 0.570. The monoisotopic (exact) mass is 372 g/mol. The third-order valence-electron chi connectivity index (χ3n) is 2.54. The summed E-state index contributed by atoms with van der Waals surface area (Å²) in [6.07, 6.45) is 0. The molecule has 2 aromatic rings. The summed E-state index contributed by atoms with van der Waals surface area (Å²) in [4.78, 5) is 11.0. The van der Waals surface area contributed by atoms with Crippen LogP contribution in [-0.2, 0) is 0 Å². The van der Waals surface area contributed by atoms with E-state index in [0.717, 1.165) is 0 Å². The molecule has 0 unspecified atom stereocenters. The number of rotatable bonds is 3. The van der Waals surface area contributed by atoms with Crippen molar-refractivity contribution in [3.63, 3.8) is 0 Å². The summed E-state index contributed by atoms with van der Waals surface area (Å²) in [7, 11) is 0. The fourth-order valence-electron chi connectivity index (χ4n) is 1.60. The van der Waals surface area contributed by atoms with Gasteiger partial charge in [-0.15, -0.1) is 0 Å². The van der Waals surface area contributed by atoms with Crippen molar-refractivity contribution in [1.82, 2.24) is 0 Å². The smallest absolute Gasteiger partial charge is 0.337 e. The van der Waals surface area contributed by atoms with Crippen LogP contribution in [0.4, 0.5) is 21.5 Å². The van der Waals surface area contributed by atoms with Gasteiger partial charge in [-0.3, -0.25) is 0 Å². The first-order valence-electron chi connectivity index (χ1n) is 5.33. The largest absolute Gasteiger partial charge is 0.478 e. The van der Waals surface area contributed by atoms with Gasteiger partial charge in [0, 0.05) is 3.57 Å². The molecule has 2 rings (SSSR count). The Morgan fingerprint density at radius 1 is 1.26 bits per heavy atom. The SMILES string of the molecule is Nc1c(Nc2ccc(F)cc2I)cccc1C(=O)O. The summed E-state index contributed by atoms with van der Waals surface area (Å²) in [6.45, 7) is 0. The first-order chi connectivity index (χ1) is 8.99. The van der Waals surface area contributed by atoms with E-state index in [9.17, 15) is 9.18 Å². The van der Waals surface area contributed by atoms with Crippen LogP contribution < -0.4 is 11.1 Å². The highest BCUT2D eigenvalue weighted by atomic mass is 127. The van der Waals surface area contributed by atoms with Gasteiger partial charge in [-0.25, -0.2) is 9.18 Å². The van der Waals surface area contributed by atoms with Crippen LogP contribution in [0.2, 0.25) is 0 Å². The summed E-state index contributed by atoms with van der Waals surface area (Å²) in [5.41, 5.74) is 7.11. The van der Waals surface area contributed by atoms with E-state index in [-0.39, 0.29) is 17.1 Å². The van der Waals surface area contributed by atoms with Gasteiger partial charge in [0.15, 0.2) is 0 Å². The molecule has 0 aliphatic carbocycles. The number of aromatic carboxylic acids is 1.